The van der Waals surface area contributed by atoms with E-state index in [2.05, 4.69) is 114 Å². The van der Waals surface area contributed by atoms with Gasteiger partial charge < -0.3 is 21.9 Å². The van der Waals surface area contributed by atoms with Crippen LogP contribution in [0.15, 0.2) is 20.5 Å². The molecule has 0 aliphatic heterocycles. The van der Waals surface area contributed by atoms with Crippen molar-refractivity contribution in [1.29, 1.82) is 0 Å². The van der Waals surface area contributed by atoms with Crippen LogP contribution >= 0.6 is 12.8 Å². The third-order valence-corrected chi connectivity index (χ3v) is 5.32. The molecule has 0 aromatic rings. The smallest absolute Gasteiger partial charge is 0.235 e. The van der Waals surface area contributed by atoms with Gasteiger partial charge in [-0.15, -0.1) is 0 Å². The number of nitrogens with one attached hydrogen (secondary N) is 1. The summed E-state index contributed by atoms with van der Waals surface area (Å²) in [5.74, 6) is -0.411. The summed E-state index contributed by atoms with van der Waals surface area (Å²) in [7, 11) is 4.28. The number of hydrogen-bond acceptors (Lipinski definition) is 9. The van der Waals surface area contributed by atoms with Crippen LogP contribution < -0.4 is 21.9 Å². The predicted molar refractivity (Wildman–Crippen MR) is 180 cm³/mol. The maximum Gasteiger partial charge on any atom is 0.235 e. The highest BCUT2D eigenvalue weighted by Gasteiger charge is 2.31. The van der Waals surface area contributed by atoms with Crippen LogP contribution in [0.3, 0.4) is 0 Å². The minimum Gasteiger partial charge on any atom is -0.333 e. The summed E-state index contributed by atoms with van der Waals surface area (Å²) in [6.45, 7) is 27.5. The summed E-state index contributed by atoms with van der Waals surface area (Å²) < 4.78 is 1.99. The molecule has 0 aromatic heterocycles. The van der Waals surface area contributed by atoms with E-state index in [9.17, 15) is 4.79 Å². The Bertz CT molecular complexity index is 806. The molecule has 0 unspecified atom stereocenters. The van der Waals surface area contributed by atoms with Crippen LogP contribution in [0.4, 0.5) is 0 Å². The second-order valence-electron chi connectivity index (χ2n) is 12.4. The highest BCUT2D eigenvalue weighted by atomic mass is 32.1. The summed E-state index contributed by atoms with van der Waals surface area (Å²) in [5.41, 5.74) is 46.6. The van der Waals surface area contributed by atoms with E-state index >= 15 is 0 Å². The standard InChI is InChI=1S/C8H17N3.C7H17N.C4H11N.C2H4N4OS.2CH3N3.CH5N/c1-7(2,3)8(4,5)6-10-11-9;1-6(2,3)7(4,5)8;1-4(2,3)5;3-6-4-1-2(7)5-8;2*1-3-4-2;1-2/h6H2,1-5H3;8H2,1-5H3;5H2,1-3H3;8H,1H2,(H,5,7);2*1H3;2H2,1H3. The van der Waals surface area contributed by atoms with E-state index in [4.69, 9.17) is 33.6 Å². The lowest BCUT2D eigenvalue weighted by Crippen LogP contribution is -2.45. The Kier molecular flexibility index (Phi) is 40.4. The number of carbonyl (C=O) groups is 1. The topological polar surface area (TPSA) is 302 Å². The second-order valence-corrected chi connectivity index (χ2v) is 12.6. The van der Waals surface area contributed by atoms with Crippen LogP contribution in [0, 0.1) is 16.2 Å². The van der Waals surface area contributed by atoms with E-state index in [1.54, 1.807) is 0 Å². The summed E-state index contributed by atoms with van der Waals surface area (Å²) in [6.07, 6.45) is 0. The zero-order valence-corrected chi connectivity index (χ0v) is 29.8. The van der Waals surface area contributed by atoms with Crippen molar-refractivity contribution in [2.45, 2.75) is 101 Å². The molecular formula is C24H60N16OS. The van der Waals surface area contributed by atoms with Crippen molar-refractivity contribution in [2.75, 3.05) is 34.2 Å². The van der Waals surface area contributed by atoms with Crippen molar-refractivity contribution in [3.05, 3.63) is 41.8 Å². The average molecular weight is 621 g/mol. The summed E-state index contributed by atoms with van der Waals surface area (Å²) in [4.78, 5) is 20.0. The molecular weight excluding hydrogens is 560 g/mol. The first-order valence-corrected chi connectivity index (χ1v) is 13.1. The van der Waals surface area contributed by atoms with Gasteiger partial charge in [-0.2, -0.15) is 0 Å². The molecule has 0 heterocycles. The van der Waals surface area contributed by atoms with Crippen LogP contribution in [-0.2, 0) is 4.79 Å². The fourth-order valence-electron chi connectivity index (χ4n) is 0.577. The molecule has 0 aliphatic rings. The molecule has 248 valence electrons. The summed E-state index contributed by atoms with van der Waals surface area (Å²) in [6, 6.07) is 0. The van der Waals surface area contributed by atoms with E-state index in [-0.39, 0.29) is 33.9 Å². The highest BCUT2D eigenvalue weighted by Crippen LogP contribution is 2.37. The lowest BCUT2D eigenvalue weighted by molar-refractivity contribution is -0.117. The Balaban J connectivity index is -0.0000000718. The van der Waals surface area contributed by atoms with Crippen LogP contribution in [0.5, 0.6) is 0 Å². The number of rotatable bonds is 4. The number of carbonyl (C=O) groups excluding carboxylic acids is 1. The van der Waals surface area contributed by atoms with Crippen molar-refractivity contribution < 1.29 is 4.79 Å². The van der Waals surface area contributed by atoms with Gasteiger partial charge in [0.05, 0.1) is 0 Å². The van der Waals surface area contributed by atoms with Gasteiger partial charge in [0.1, 0.15) is 6.54 Å². The SMILES string of the molecule is CC(C)(C)C(C)(C)CN=[N+]=[N-].CC(C)(C)C(C)(C)N.CC(C)(C)N.CN.CN=[N+]=[N-].CN=[N+]=[N-].[N-]=[N+]=NCC(=O)NS. The number of azide groups is 4. The number of nitrogens with zero attached hydrogens (tertiary/aromatic N) is 12. The quantitative estimate of drug-likeness (QED) is 0.0917. The lowest BCUT2D eigenvalue weighted by atomic mass is 9.69. The Hall–Kier alpha value is -3.06. The maximum atomic E-state index is 10.1. The molecule has 0 aromatic carbocycles. The van der Waals surface area contributed by atoms with Crippen LogP contribution in [0.1, 0.15) is 90.0 Å². The van der Waals surface area contributed by atoms with E-state index in [0.717, 1.165) is 0 Å². The molecule has 0 radical (unpaired) electrons. The van der Waals surface area contributed by atoms with Gasteiger partial charge in [0.2, 0.25) is 5.91 Å². The number of thiol groups is 1. The van der Waals surface area contributed by atoms with Gasteiger partial charge in [0.25, 0.3) is 0 Å². The normalized spacial score (nSPS) is 9.71. The monoisotopic (exact) mass is 620 g/mol. The zero-order valence-electron chi connectivity index (χ0n) is 28.9. The second kappa shape index (κ2) is 30.9. The summed E-state index contributed by atoms with van der Waals surface area (Å²) >= 11 is 3.41. The van der Waals surface area contributed by atoms with Crippen LogP contribution in [-0.4, -0.2) is 51.2 Å². The highest BCUT2D eigenvalue weighted by molar-refractivity contribution is 7.78. The van der Waals surface area contributed by atoms with Gasteiger partial charge in [-0.25, -0.2) is 0 Å². The zero-order chi connectivity index (χ0) is 35.9. The molecule has 7 N–H and O–H groups in total. The average Bonchev–Trinajstić information content (AvgIpc) is 2.85. The minimum atomic E-state index is -0.411. The predicted octanol–water partition coefficient (Wildman–Crippen LogP) is 7.57. The fourth-order valence-corrected chi connectivity index (χ4v) is 0.647. The van der Waals surface area contributed by atoms with E-state index in [1.165, 1.54) is 21.1 Å². The van der Waals surface area contributed by atoms with Crippen molar-refractivity contribution in [1.82, 2.24) is 4.72 Å². The van der Waals surface area contributed by atoms with Crippen molar-refractivity contribution in [3.63, 3.8) is 0 Å². The largest absolute Gasteiger partial charge is 0.333 e. The third-order valence-electron chi connectivity index (χ3n) is 5.07. The fraction of sp³-hybridized carbons (Fsp3) is 0.958. The molecule has 0 fully saturated rings. The number of amides is 1. The molecule has 0 saturated heterocycles. The molecule has 18 heteroatoms. The first-order chi connectivity index (χ1) is 18.7. The van der Waals surface area contributed by atoms with Gasteiger partial charge in [-0.1, -0.05) is 88.7 Å². The van der Waals surface area contributed by atoms with Crippen molar-refractivity contribution in [3.8, 4) is 0 Å². The Morgan fingerprint density at radius 1 is 0.690 bits per heavy atom. The van der Waals surface area contributed by atoms with Gasteiger partial charge in [-0.05, 0) is 80.0 Å². The molecule has 0 aliphatic carbocycles. The van der Waals surface area contributed by atoms with Crippen LogP contribution in [0.2, 0.25) is 0 Å². The Morgan fingerprint density at radius 2 is 0.952 bits per heavy atom. The van der Waals surface area contributed by atoms with Crippen molar-refractivity contribution >= 4 is 18.7 Å². The molecule has 1 amide bonds. The van der Waals surface area contributed by atoms with Gasteiger partial charge in [-0.3, -0.25) is 4.79 Å². The molecule has 0 spiro atoms. The van der Waals surface area contributed by atoms with E-state index in [1.807, 2.05) is 39.3 Å². The van der Waals surface area contributed by atoms with Gasteiger partial charge in [0, 0.05) is 51.4 Å². The third kappa shape index (κ3) is 61.1. The van der Waals surface area contributed by atoms with Gasteiger partial charge >= 0.3 is 0 Å². The molecule has 0 rings (SSSR count). The minimum absolute atomic E-state index is 0. The number of hydrogen-bond donors (Lipinski definition) is 5. The van der Waals surface area contributed by atoms with E-state index in [0.29, 0.717) is 6.54 Å². The maximum absolute atomic E-state index is 10.1. The van der Waals surface area contributed by atoms with E-state index < -0.39 is 5.91 Å². The van der Waals surface area contributed by atoms with Crippen LogP contribution in [0.25, 0.3) is 41.8 Å². The first kappa shape index (κ1) is 54.9. The number of nitrogens with two attached hydrogens (primary N) is 3. The first-order valence-electron chi connectivity index (χ1n) is 12.7. The van der Waals surface area contributed by atoms with Crippen molar-refractivity contribution in [2.24, 2.45) is 53.9 Å². The molecule has 0 atom stereocenters. The summed E-state index contributed by atoms with van der Waals surface area (Å²) in [5, 5.41) is 12.4. The molecule has 17 nitrogen and oxygen atoms in total. The Morgan fingerprint density at radius 3 is 1.10 bits per heavy atom. The molecule has 42 heavy (non-hydrogen) atoms. The molecule has 0 saturated carbocycles. The molecule has 0 bridgehead atoms. The lowest BCUT2D eigenvalue weighted by Gasteiger charge is -2.37. The van der Waals surface area contributed by atoms with Gasteiger partial charge in [0.15, 0.2) is 0 Å². The Labute approximate surface area is 259 Å².